The molecule has 2 heterocycles. The number of hydrogen-bond donors (Lipinski definition) is 1. The summed E-state index contributed by atoms with van der Waals surface area (Å²) in [6.45, 7) is 0. The molecule has 1 fully saturated rings. The number of rotatable bonds is 3. The second-order valence-electron chi connectivity index (χ2n) is 4.71. The van der Waals surface area contributed by atoms with Gasteiger partial charge in [0, 0.05) is 11.7 Å². The van der Waals surface area contributed by atoms with Crippen LogP contribution in [0.5, 0.6) is 0 Å². The van der Waals surface area contributed by atoms with Gasteiger partial charge in [-0.1, -0.05) is 6.07 Å². The van der Waals surface area contributed by atoms with Crippen molar-refractivity contribution in [3.8, 4) is 0 Å². The molecule has 2 aromatic heterocycles. The molecule has 84 valence electrons. The van der Waals surface area contributed by atoms with Gasteiger partial charge in [-0.2, -0.15) is 0 Å². The zero-order chi connectivity index (χ0) is 11.2. The van der Waals surface area contributed by atoms with Gasteiger partial charge in [0.05, 0.1) is 6.20 Å². The first kappa shape index (κ1) is 10.3. The lowest BCUT2D eigenvalue weighted by Crippen LogP contribution is -2.22. The maximum atomic E-state index is 6.09. The molecule has 0 saturated heterocycles. The van der Waals surface area contributed by atoms with Crippen LogP contribution in [0.3, 0.4) is 0 Å². The lowest BCUT2D eigenvalue weighted by atomic mass is 10.1. The third-order valence-electron chi connectivity index (χ3n) is 3.33. The Balaban J connectivity index is 1.83. The number of aromatic nitrogens is 2. The number of nitrogens with two attached hydrogens (primary N) is 1. The largest absolute Gasteiger partial charge is 0.325 e. The van der Waals surface area contributed by atoms with Crippen LogP contribution in [0.1, 0.15) is 24.8 Å². The van der Waals surface area contributed by atoms with Crippen LogP contribution in [0.15, 0.2) is 29.1 Å². The van der Waals surface area contributed by atoms with E-state index in [0.717, 1.165) is 23.1 Å². The van der Waals surface area contributed by atoms with Crippen LogP contribution in [-0.2, 0) is 6.42 Å². The maximum absolute atomic E-state index is 6.09. The predicted molar refractivity (Wildman–Crippen MR) is 67.4 cm³/mol. The first-order valence-electron chi connectivity index (χ1n) is 5.57. The SMILES string of the molecule is NC1(CCc2ccc3ncc(Br)n3c2)CC1. The molecule has 1 aliphatic carbocycles. The number of halogens is 1. The van der Waals surface area contributed by atoms with E-state index in [1.807, 2.05) is 6.20 Å². The van der Waals surface area contributed by atoms with Crippen molar-refractivity contribution >= 4 is 21.6 Å². The van der Waals surface area contributed by atoms with Gasteiger partial charge in [-0.25, -0.2) is 4.98 Å². The van der Waals surface area contributed by atoms with Crippen LogP contribution in [0, 0.1) is 0 Å². The molecular formula is C12H14BrN3. The summed E-state index contributed by atoms with van der Waals surface area (Å²) >= 11 is 3.48. The van der Waals surface area contributed by atoms with Crippen molar-refractivity contribution in [2.24, 2.45) is 5.73 Å². The Bertz CT molecular complexity index is 528. The van der Waals surface area contributed by atoms with Crippen LogP contribution in [0.25, 0.3) is 5.65 Å². The third kappa shape index (κ3) is 1.87. The normalized spacial score (nSPS) is 17.9. The molecule has 0 atom stereocenters. The highest BCUT2D eigenvalue weighted by atomic mass is 79.9. The third-order valence-corrected chi connectivity index (χ3v) is 3.91. The summed E-state index contributed by atoms with van der Waals surface area (Å²) in [5.41, 5.74) is 8.53. The monoisotopic (exact) mass is 279 g/mol. The molecule has 0 aromatic carbocycles. The second kappa shape index (κ2) is 3.57. The minimum Gasteiger partial charge on any atom is -0.325 e. The fraction of sp³-hybridized carbons (Fsp3) is 0.417. The molecule has 0 radical (unpaired) electrons. The topological polar surface area (TPSA) is 43.3 Å². The van der Waals surface area contributed by atoms with Crippen LogP contribution < -0.4 is 5.73 Å². The first-order valence-corrected chi connectivity index (χ1v) is 6.36. The first-order chi connectivity index (χ1) is 7.66. The molecule has 2 aromatic rings. The fourth-order valence-electron chi connectivity index (χ4n) is 1.95. The molecule has 1 aliphatic rings. The minimum atomic E-state index is 0.140. The van der Waals surface area contributed by atoms with Gasteiger partial charge in [-0.15, -0.1) is 0 Å². The maximum Gasteiger partial charge on any atom is 0.137 e. The highest BCUT2D eigenvalue weighted by Gasteiger charge is 2.37. The minimum absolute atomic E-state index is 0.140. The Morgan fingerprint density at radius 2 is 2.25 bits per heavy atom. The summed E-state index contributed by atoms with van der Waals surface area (Å²) in [5.74, 6) is 0. The number of imidazole rings is 1. The van der Waals surface area contributed by atoms with Gasteiger partial charge in [0.25, 0.3) is 0 Å². The van der Waals surface area contributed by atoms with E-state index in [2.05, 4.69) is 43.6 Å². The molecule has 2 N–H and O–H groups in total. The quantitative estimate of drug-likeness (QED) is 0.938. The molecule has 0 spiro atoms. The highest BCUT2D eigenvalue weighted by Crippen LogP contribution is 2.36. The van der Waals surface area contributed by atoms with Gasteiger partial charge in [0.2, 0.25) is 0 Å². The van der Waals surface area contributed by atoms with Gasteiger partial charge in [-0.05, 0) is 53.2 Å². The number of hydrogen-bond acceptors (Lipinski definition) is 2. The number of fused-ring (bicyclic) bond motifs is 1. The van der Waals surface area contributed by atoms with Crippen molar-refractivity contribution in [2.75, 3.05) is 0 Å². The van der Waals surface area contributed by atoms with Crippen molar-refractivity contribution in [3.63, 3.8) is 0 Å². The van der Waals surface area contributed by atoms with Gasteiger partial charge in [-0.3, -0.25) is 4.40 Å². The van der Waals surface area contributed by atoms with Gasteiger partial charge in [0.15, 0.2) is 0 Å². The molecule has 0 bridgehead atoms. The molecule has 0 unspecified atom stereocenters. The average molecular weight is 280 g/mol. The second-order valence-corrected chi connectivity index (χ2v) is 5.52. The van der Waals surface area contributed by atoms with Crippen molar-refractivity contribution in [1.82, 2.24) is 9.38 Å². The van der Waals surface area contributed by atoms with E-state index < -0.39 is 0 Å². The summed E-state index contributed by atoms with van der Waals surface area (Å²) in [6.07, 6.45) is 8.47. The van der Waals surface area contributed by atoms with Crippen LogP contribution in [0.2, 0.25) is 0 Å². The lowest BCUT2D eigenvalue weighted by molar-refractivity contribution is 0.608. The molecule has 0 aliphatic heterocycles. The van der Waals surface area contributed by atoms with Crippen molar-refractivity contribution < 1.29 is 0 Å². The average Bonchev–Trinajstić information content (AvgIpc) is 2.92. The van der Waals surface area contributed by atoms with Gasteiger partial charge in [0.1, 0.15) is 10.3 Å². The summed E-state index contributed by atoms with van der Waals surface area (Å²) in [6, 6.07) is 4.19. The van der Waals surface area contributed by atoms with Crippen LogP contribution in [-0.4, -0.2) is 14.9 Å². The van der Waals surface area contributed by atoms with E-state index in [4.69, 9.17) is 5.73 Å². The van der Waals surface area contributed by atoms with E-state index in [1.54, 1.807) is 0 Å². The Labute approximate surface area is 103 Å². The number of pyridine rings is 1. The van der Waals surface area contributed by atoms with E-state index >= 15 is 0 Å². The Kier molecular flexibility index (Phi) is 2.30. The summed E-state index contributed by atoms with van der Waals surface area (Å²) < 4.78 is 3.06. The van der Waals surface area contributed by atoms with Gasteiger partial charge >= 0.3 is 0 Å². The zero-order valence-corrected chi connectivity index (χ0v) is 10.6. The molecule has 0 amide bonds. The molecule has 3 rings (SSSR count). The van der Waals surface area contributed by atoms with Crippen LogP contribution >= 0.6 is 15.9 Å². The van der Waals surface area contributed by atoms with Crippen LogP contribution in [0.4, 0.5) is 0 Å². The molecule has 1 saturated carbocycles. The van der Waals surface area contributed by atoms with Crippen molar-refractivity contribution in [2.45, 2.75) is 31.2 Å². The van der Waals surface area contributed by atoms with E-state index in [9.17, 15) is 0 Å². The smallest absolute Gasteiger partial charge is 0.137 e. The standard InChI is InChI=1S/C12H14BrN3/c13-10-7-15-11-2-1-9(8-16(10)11)3-4-12(14)5-6-12/h1-2,7-8H,3-6,14H2. The number of nitrogens with zero attached hydrogens (tertiary/aromatic N) is 2. The Hall–Kier alpha value is -0.870. The summed E-state index contributed by atoms with van der Waals surface area (Å²) in [4.78, 5) is 4.27. The number of aryl methyl sites for hydroxylation is 1. The lowest BCUT2D eigenvalue weighted by Gasteiger charge is -2.08. The van der Waals surface area contributed by atoms with E-state index in [0.29, 0.717) is 0 Å². The molecule has 3 nitrogen and oxygen atoms in total. The zero-order valence-electron chi connectivity index (χ0n) is 8.99. The Morgan fingerprint density at radius 1 is 1.44 bits per heavy atom. The Morgan fingerprint density at radius 3 is 3.00 bits per heavy atom. The highest BCUT2D eigenvalue weighted by molar-refractivity contribution is 9.10. The molecule has 4 heteroatoms. The van der Waals surface area contributed by atoms with Crippen molar-refractivity contribution in [3.05, 3.63) is 34.7 Å². The summed E-state index contributed by atoms with van der Waals surface area (Å²) in [5, 5.41) is 0. The fourth-order valence-corrected chi connectivity index (χ4v) is 2.33. The van der Waals surface area contributed by atoms with E-state index in [-0.39, 0.29) is 5.54 Å². The van der Waals surface area contributed by atoms with Gasteiger partial charge < -0.3 is 5.73 Å². The summed E-state index contributed by atoms with van der Waals surface area (Å²) in [7, 11) is 0. The molecule has 16 heavy (non-hydrogen) atoms. The van der Waals surface area contributed by atoms with E-state index in [1.165, 1.54) is 18.4 Å². The molecular weight excluding hydrogens is 266 g/mol. The predicted octanol–water partition coefficient (Wildman–Crippen LogP) is 2.52. The van der Waals surface area contributed by atoms with Crippen molar-refractivity contribution in [1.29, 1.82) is 0 Å².